The number of benzene rings is 1. The van der Waals surface area contributed by atoms with Gasteiger partial charge in [0.2, 0.25) is 6.41 Å². The molecule has 1 aromatic carbocycles. The van der Waals surface area contributed by atoms with Crippen molar-refractivity contribution in [3.8, 4) is 0 Å². The first-order valence-electron chi connectivity index (χ1n) is 3.92. The Bertz CT molecular complexity index is 486. The largest absolute Gasteiger partial charge is 0.327 e. The van der Waals surface area contributed by atoms with Crippen molar-refractivity contribution in [3.05, 3.63) is 29.5 Å². The van der Waals surface area contributed by atoms with Crippen LogP contribution in [0.4, 0.5) is 5.69 Å². The Morgan fingerprint density at radius 1 is 1.21 bits per heavy atom. The van der Waals surface area contributed by atoms with Crippen LogP contribution < -0.4 is 5.32 Å². The maximum atomic E-state index is 10.3. The van der Waals surface area contributed by atoms with E-state index in [-0.39, 0.29) is 0 Å². The van der Waals surface area contributed by atoms with E-state index in [0.717, 1.165) is 0 Å². The van der Waals surface area contributed by atoms with Crippen LogP contribution in [0, 0.1) is 0 Å². The van der Waals surface area contributed by atoms with Gasteiger partial charge in [-0.25, -0.2) is 0 Å². The van der Waals surface area contributed by atoms with Crippen molar-refractivity contribution in [1.29, 1.82) is 0 Å². The summed E-state index contributed by atoms with van der Waals surface area (Å²) in [6, 6.07) is 3.36. The molecule has 0 fully saturated rings. The summed E-state index contributed by atoms with van der Waals surface area (Å²) < 4.78 is 0. The van der Waals surface area contributed by atoms with E-state index in [2.05, 4.69) is 15.3 Å². The number of aromatic nitrogens is 2. The third-order valence-corrected chi connectivity index (χ3v) is 2.10. The standard InChI is InChI=1S/C9H6ClN3O/c10-6-1-2-7(13-5-14)9-8(6)11-3-4-12-9/h1-5H,(H,13,14). The lowest BCUT2D eigenvalue weighted by atomic mass is 10.2. The second kappa shape index (κ2) is 3.59. The summed E-state index contributed by atoms with van der Waals surface area (Å²) in [4.78, 5) is 18.5. The predicted octanol–water partition coefficient (Wildman–Crippen LogP) is 1.85. The van der Waals surface area contributed by atoms with Crippen molar-refractivity contribution >= 4 is 34.7 Å². The fraction of sp³-hybridized carbons (Fsp3) is 0. The van der Waals surface area contributed by atoms with Gasteiger partial charge in [-0.3, -0.25) is 14.8 Å². The molecule has 4 nitrogen and oxygen atoms in total. The zero-order valence-electron chi connectivity index (χ0n) is 7.07. The summed E-state index contributed by atoms with van der Waals surface area (Å²) in [6.45, 7) is 0. The summed E-state index contributed by atoms with van der Waals surface area (Å²) >= 11 is 5.91. The highest BCUT2D eigenvalue weighted by atomic mass is 35.5. The van der Waals surface area contributed by atoms with Gasteiger partial charge in [-0.1, -0.05) is 11.6 Å². The second-order valence-corrected chi connectivity index (χ2v) is 3.02. The first-order chi connectivity index (χ1) is 6.83. The summed E-state index contributed by atoms with van der Waals surface area (Å²) in [7, 11) is 0. The topological polar surface area (TPSA) is 54.9 Å². The lowest BCUT2D eigenvalue weighted by Gasteiger charge is -2.03. The highest BCUT2D eigenvalue weighted by Gasteiger charge is 2.05. The van der Waals surface area contributed by atoms with E-state index in [1.54, 1.807) is 24.5 Å². The van der Waals surface area contributed by atoms with E-state index in [0.29, 0.717) is 28.2 Å². The number of anilines is 1. The van der Waals surface area contributed by atoms with E-state index in [1.807, 2.05) is 0 Å². The molecule has 0 spiro atoms. The SMILES string of the molecule is O=CNc1ccc(Cl)c2nccnc12. The van der Waals surface area contributed by atoms with E-state index in [9.17, 15) is 4.79 Å². The Hall–Kier alpha value is -1.68. The average Bonchev–Trinajstić information content (AvgIpc) is 2.23. The number of halogens is 1. The van der Waals surface area contributed by atoms with Gasteiger partial charge < -0.3 is 5.32 Å². The molecule has 1 aromatic heterocycles. The van der Waals surface area contributed by atoms with Gasteiger partial charge in [0.1, 0.15) is 11.0 Å². The first-order valence-corrected chi connectivity index (χ1v) is 4.30. The van der Waals surface area contributed by atoms with Crippen molar-refractivity contribution in [2.45, 2.75) is 0 Å². The van der Waals surface area contributed by atoms with Crippen molar-refractivity contribution < 1.29 is 4.79 Å². The molecule has 0 saturated carbocycles. The molecule has 70 valence electrons. The molecule has 1 N–H and O–H groups in total. The molecule has 0 atom stereocenters. The van der Waals surface area contributed by atoms with Crippen LogP contribution in [-0.2, 0) is 4.79 Å². The molecule has 0 aliphatic rings. The predicted molar refractivity (Wildman–Crippen MR) is 54.2 cm³/mol. The summed E-state index contributed by atoms with van der Waals surface area (Å²) in [5.74, 6) is 0. The smallest absolute Gasteiger partial charge is 0.211 e. The Morgan fingerprint density at radius 3 is 2.64 bits per heavy atom. The monoisotopic (exact) mass is 207 g/mol. The first kappa shape index (κ1) is 8.90. The highest BCUT2D eigenvalue weighted by Crippen LogP contribution is 2.25. The Labute approximate surface area is 84.9 Å². The van der Waals surface area contributed by atoms with Gasteiger partial charge in [0.25, 0.3) is 0 Å². The molecular formula is C9H6ClN3O. The molecule has 0 aliphatic carbocycles. The molecule has 1 amide bonds. The molecular weight excluding hydrogens is 202 g/mol. The third kappa shape index (κ3) is 1.40. The van der Waals surface area contributed by atoms with Crippen LogP contribution in [0.25, 0.3) is 11.0 Å². The van der Waals surface area contributed by atoms with Crippen molar-refractivity contribution in [1.82, 2.24) is 9.97 Å². The molecule has 0 saturated heterocycles. The minimum Gasteiger partial charge on any atom is -0.327 e. The lowest BCUT2D eigenvalue weighted by Crippen LogP contribution is -1.96. The van der Waals surface area contributed by atoms with Crippen molar-refractivity contribution in [2.24, 2.45) is 0 Å². The number of amides is 1. The number of hydrogen-bond acceptors (Lipinski definition) is 3. The van der Waals surface area contributed by atoms with Gasteiger partial charge in [0.05, 0.1) is 10.7 Å². The van der Waals surface area contributed by atoms with Crippen LogP contribution in [-0.4, -0.2) is 16.4 Å². The summed E-state index contributed by atoms with van der Waals surface area (Å²) in [6.07, 6.45) is 3.70. The number of nitrogens with zero attached hydrogens (tertiary/aromatic N) is 2. The zero-order chi connectivity index (χ0) is 9.97. The Kier molecular flexibility index (Phi) is 2.28. The van der Waals surface area contributed by atoms with Crippen LogP contribution in [0.2, 0.25) is 5.02 Å². The summed E-state index contributed by atoms with van der Waals surface area (Å²) in [5, 5.41) is 3.05. The van der Waals surface area contributed by atoms with E-state index in [1.165, 1.54) is 0 Å². The average molecular weight is 208 g/mol. The highest BCUT2D eigenvalue weighted by molar-refractivity contribution is 6.35. The Balaban J connectivity index is 2.74. The zero-order valence-corrected chi connectivity index (χ0v) is 7.82. The molecule has 5 heteroatoms. The van der Waals surface area contributed by atoms with Gasteiger partial charge in [-0.2, -0.15) is 0 Å². The fourth-order valence-corrected chi connectivity index (χ4v) is 1.41. The molecule has 0 aliphatic heterocycles. The van der Waals surface area contributed by atoms with Crippen LogP contribution >= 0.6 is 11.6 Å². The minimum absolute atomic E-state index is 0.518. The second-order valence-electron chi connectivity index (χ2n) is 2.61. The lowest BCUT2D eigenvalue weighted by molar-refractivity contribution is -0.105. The molecule has 2 aromatic rings. The van der Waals surface area contributed by atoms with Crippen LogP contribution in [0.3, 0.4) is 0 Å². The quantitative estimate of drug-likeness (QED) is 0.765. The number of carbonyl (C=O) groups is 1. The van der Waals surface area contributed by atoms with Crippen molar-refractivity contribution in [3.63, 3.8) is 0 Å². The fourth-order valence-electron chi connectivity index (χ4n) is 1.20. The number of nitrogens with one attached hydrogen (secondary N) is 1. The van der Waals surface area contributed by atoms with Gasteiger partial charge in [0, 0.05) is 12.4 Å². The number of rotatable bonds is 2. The summed E-state index contributed by atoms with van der Waals surface area (Å²) in [5.41, 5.74) is 1.78. The maximum Gasteiger partial charge on any atom is 0.211 e. The van der Waals surface area contributed by atoms with E-state index in [4.69, 9.17) is 11.6 Å². The number of carbonyl (C=O) groups excluding carboxylic acids is 1. The molecule has 14 heavy (non-hydrogen) atoms. The number of hydrogen-bond donors (Lipinski definition) is 1. The van der Waals surface area contributed by atoms with Crippen LogP contribution in [0.1, 0.15) is 0 Å². The van der Waals surface area contributed by atoms with E-state index >= 15 is 0 Å². The van der Waals surface area contributed by atoms with Gasteiger partial charge in [0.15, 0.2) is 0 Å². The minimum atomic E-state index is 0.518. The molecule has 1 heterocycles. The number of fused-ring (bicyclic) bond motifs is 1. The molecule has 0 unspecified atom stereocenters. The normalized spacial score (nSPS) is 10.1. The van der Waals surface area contributed by atoms with Gasteiger partial charge in [-0.05, 0) is 12.1 Å². The Morgan fingerprint density at radius 2 is 1.93 bits per heavy atom. The van der Waals surface area contributed by atoms with E-state index < -0.39 is 0 Å². The third-order valence-electron chi connectivity index (χ3n) is 1.79. The van der Waals surface area contributed by atoms with Crippen LogP contribution in [0.15, 0.2) is 24.5 Å². The van der Waals surface area contributed by atoms with Gasteiger partial charge >= 0.3 is 0 Å². The molecule has 0 bridgehead atoms. The van der Waals surface area contributed by atoms with Gasteiger partial charge in [-0.15, -0.1) is 0 Å². The molecule has 0 radical (unpaired) electrons. The van der Waals surface area contributed by atoms with Crippen LogP contribution in [0.5, 0.6) is 0 Å². The molecule has 2 rings (SSSR count). The van der Waals surface area contributed by atoms with Crippen molar-refractivity contribution in [2.75, 3.05) is 5.32 Å². The maximum absolute atomic E-state index is 10.3.